The Balaban J connectivity index is 1.97. The molecule has 0 N–H and O–H groups in total. The maximum Gasteiger partial charge on any atom is 0.159 e. The third-order valence-electron chi connectivity index (χ3n) is 3.02. The number of nitrogens with zero attached hydrogens (tertiary/aromatic N) is 2. The zero-order chi connectivity index (χ0) is 13.6. The lowest BCUT2D eigenvalue weighted by Crippen LogP contribution is -1.89. The Bertz CT molecular complexity index is 704. The summed E-state index contributed by atoms with van der Waals surface area (Å²) < 4.78 is 0. The predicted molar refractivity (Wildman–Crippen MR) is 82.8 cm³/mol. The molecule has 0 bridgehead atoms. The minimum Gasteiger partial charge on any atom is -0.237 e. The lowest BCUT2D eigenvalue weighted by atomic mass is 10.1. The molecule has 0 saturated carbocycles. The van der Waals surface area contributed by atoms with E-state index in [0.29, 0.717) is 0 Å². The predicted octanol–water partition coefficient (Wildman–Crippen LogP) is 4.31. The van der Waals surface area contributed by atoms with Crippen molar-refractivity contribution in [3.8, 4) is 11.4 Å². The molecule has 0 aliphatic carbocycles. The second-order valence-corrected chi connectivity index (χ2v) is 4.40. The Morgan fingerprint density at radius 3 is 2.15 bits per heavy atom. The number of hydrogen-bond donors (Lipinski definition) is 0. The zero-order valence-electron chi connectivity index (χ0n) is 11.0. The third-order valence-corrected chi connectivity index (χ3v) is 3.02. The zero-order valence-corrected chi connectivity index (χ0v) is 11.0. The molecule has 1 aromatic heterocycles. The maximum absolute atomic E-state index is 4.32. The highest BCUT2D eigenvalue weighted by Crippen LogP contribution is 2.21. The number of benzene rings is 2. The van der Waals surface area contributed by atoms with Crippen molar-refractivity contribution in [3.63, 3.8) is 0 Å². The van der Waals surface area contributed by atoms with Gasteiger partial charge in [-0.3, -0.25) is 0 Å². The first-order valence-electron chi connectivity index (χ1n) is 6.53. The van der Waals surface area contributed by atoms with E-state index in [9.17, 15) is 0 Å². The topological polar surface area (TPSA) is 25.8 Å². The Hall–Kier alpha value is -2.74. The van der Waals surface area contributed by atoms with E-state index >= 15 is 0 Å². The minimum absolute atomic E-state index is 0.751. The van der Waals surface area contributed by atoms with E-state index in [1.807, 2.05) is 42.5 Å². The van der Waals surface area contributed by atoms with Crippen molar-refractivity contribution < 1.29 is 0 Å². The molecular formula is C18H14N2. The summed E-state index contributed by atoms with van der Waals surface area (Å²) >= 11 is 0. The van der Waals surface area contributed by atoms with Crippen LogP contribution in [-0.2, 0) is 0 Å². The molecule has 3 aromatic rings. The molecule has 0 amide bonds. The van der Waals surface area contributed by atoms with Crippen molar-refractivity contribution in [1.29, 1.82) is 0 Å². The fourth-order valence-corrected chi connectivity index (χ4v) is 2.03. The molecule has 0 aliphatic rings. The summed E-state index contributed by atoms with van der Waals surface area (Å²) in [5, 5.41) is 0. The molecule has 96 valence electrons. The van der Waals surface area contributed by atoms with Gasteiger partial charge >= 0.3 is 0 Å². The van der Waals surface area contributed by atoms with Crippen molar-refractivity contribution in [2.24, 2.45) is 0 Å². The summed E-state index contributed by atoms with van der Waals surface area (Å²) in [5.41, 5.74) is 3.33. The van der Waals surface area contributed by atoms with Gasteiger partial charge in [-0.25, -0.2) is 9.97 Å². The van der Waals surface area contributed by atoms with Crippen LogP contribution >= 0.6 is 0 Å². The van der Waals surface area contributed by atoms with Crippen LogP contribution in [0.25, 0.3) is 23.5 Å². The highest BCUT2D eigenvalue weighted by molar-refractivity contribution is 5.78. The molecule has 1 heterocycles. The van der Waals surface area contributed by atoms with Gasteiger partial charge in [-0.15, -0.1) is 0 Å². The first-order chi connectivity index (χ1) is 9.93. The summed E-state index contributed by atoms with van der Waals surface area (Å²) in [4.78, 5) is 8.64. The van der Waals surface area contributed by atoms with Crippen molar-refractivity contribution in [3.05, 3.63) is 84.2 Å². The number of rotatable bonds is 3. The SMILES string of the molecule is C(=C\c1ccccc1-c1ncccn1)/c1ccccc1. The van der Waals surface area contributed by atoms with Crippen LogP contribution in [0.5, 0.6) is 0 Å². The smallest absolute Gasteiger partial charge is 0.159 e. The molecule has 2 nitrogen and oxygen atoms in total. The second kappa shape index (κ2) is 5.93. The van der Waals surface area contributed by atoms with Crippen LogP contribution in [-0.4, -0.2) is 9.97 Å². The van der Waals surface area contributed by atoms with Gasteiger partial charge in [0.2, 0.25) is 0 Å². The maximum atomic E-state index is 4.32. The lowest BCUT2D eigenvalue weighted by molar-refractivity contribution is 1.17. The van der Waals surface area contributed by atoms with Crippen LogP contribution in [0, 0.1) is 0 Å². The van der Waals surface area contributed by atoms with Gasteiger partial charge in [0.05, 0.1) is 0 Å². The van der Waals surface area contributed by atoms with Gasteiger partial charge in [-0.2, -0.15) is 0 Å². The van der Waals surface area contributed by atoms with Crippen LogP contribution in [0.4, 0.5) is 0 Å². The highest BCUT2D eigenvalue weighted by Gasteiger charge is 2.03. The Morgan fingerprint density at radius 1 is 0.650 bits per heavy atom. The van der Waals surface area contributed by atoms with Crippen LogP contribution in [0.3, 0.4) is 0 Å². The van der Waals surface area contributed by atoms with Crippen molar-refractivity contribution in [2.45, 2.75) is 0 Å². The molecule has 3 rings (SSSR count). The van der Waals surface area contributed by atoms with Crippen LogP contribution in [0.1, 0.15) is 11.1 Å². The normalized spacial score (nSPS) is 10.8. The molecule has 0 atom stereocenters. The standard InChI is InChI=1S/C18H14N2/c1-2-7-15(8-3-1)11-12-16-9-4-5-10-17(16)18-19-13-6-14-20-18/h1-14H/b12-11+. The summed E-state index contributed by atoms with van der Waals surface area (Å²) in [6, 6.07) is 20.2. The van der Waals surface area contributed by atoms with E-state index in [1.54, 1.807) is 12.4 Å². The summed E-state index contributed by atoms with van der Waals surface area (Å²) in [7, 11) is 0. The van der Waals surface area contributed by atoms with Crippen molar-refractivity contribution in [1.82, 2.24) is 9.97 Å². The quantitative estimate of drug-likeness (QED) is 0.654. The molecule has 0 saturated heterocycles. The van der Waals surface area contributed by atoms with E-state index in [4.69, 9.17) is 0 Å². The molecule has 0 spiro atoms. The first kappa shape index (κ1) is 12.3. The van der Waals surface area contributed by atoms with Gasteiger partial charge in [0.25, 0.3) is 0 Å². The van der Waals surface area contributed by atoms with Gasteiger partial charge in [0.15, 0.2) is 5.82 Å². The number of aromatic nitrogens is 2. The Morgan fingerprint density at radius 2 is 1.35 bits per heavy atom. The summed E-state index contributed by atoms with van der Waals surface area (Å²) in [6.45, 7) is 0. The summed E-state index contributed by atoms with van der Waals surface area (Å²) in [6.07, 6.45) is 7.73. The van der Waals surface area contributed by atoms with E-state index < -0.39 is 0 Å². The molecule has 20 heavy (non-hydrogen) atoms. The van der Waals surface area contributed by atoms with Gasteiger partial charge in [-0.1, -0.05) is 66.7 Å². The number of hydrogen-bond acceptors (Lipinski definition) is 2. The van der Waals surface area contributed by atoms with Crippen LogP contribution in [0.15, 0.2) is 73.1 Å². The molecule has 0 fully saturated rings. The van der Waals surface area contributed by atoms with E-state index in [2.05, 4.69) is 40.3 Å². The molecule has 0 aliphatic heterocycles. The Labute approximate surface area is 118 Å². The lowest BCUT2D eigenvalue weighted by Gasteiger charge is -2.04. The van der Waals surface area contributed by atoms with Crippen molar-refractivity contribution in [2.75, 3.05) is 0 Å². The largest absolute Gasteiger partial charge is 0.237 e. The van der Waals surface area contributed by atoms with Crippen molar-refractivity contribution >= 4 is 12.2 Å². The minimum atomic E-state index is 0.751. The molecule has 2 heteroatoms. The second-order valence-electron chi connectivity index (χ2n) is 4.40. The third kappa shape index (κ3) is 2.81. The highest BCUT2D eigenvalue weighted by atomic mass is 14.8. The average Bonchev–Trinajstić information content (AvgIpc) is 2.55. The molecule has 2 aromatic carbocycles. The van der Waals surface area contributed by atoms with Gasteiger partial charge in [0, 0.05) is 18.0 Å². The Kier molecular flexibility index (Phi) is 3.65. The van der Waals surface area contributed by atoms with E-state index in [1.165, 1.54) is 5.56 Å². The van der Waals surface area contributed by atoms with Gasteiger partial charge < -0.3 is 0 Å². The fraction of sp³-hybridized carbons (Fsp3) is 0. The van der Waals surface area contributed by atoms with Crippen LogP contribution < -0.4 is 0 Å². The average molecular weight is 258 g/mol. The first-order valence-corrected chi connectivity index (χ1v) is 6.53. The molecular weight excluding hydrogens is 244 g/mol. The van der Waals surface area contributed by atoms with E-state index in [0.717, 1.165) is 17.0 Å². The van der Waals surface area contributed by atoms with Crippen LogP contribution in [0.2, 0.25) is 0 Å². The van der Waals surface area contributed by atoms with Gasteiger partial charge in [0.1, 0.15) is 0 Å². The molecule has 0 unspecified atom stereocenters. The van der Waals surface area contributed by atoms with Gasteiger partial charge in [-0.05, 0) is 17.2 Å². The summed E-state index contributed by atoms with van der Waals surface area (Å²) in [5.74, 6) is 0.751. The molecule has 0 radical (unpaired) electrons. The monoisotopic (exact) mass is 258 g/mol. The fourth-order valence-electron chi connectivity index (χ4n) is 2.03. The van der Waals surface area contributed by atoms with E-state index in [-0.39, 0.29) is 0 Å².